The monoisotopic (exact) mass is 321 g/mol. The summed E-state index contributed by atoms with van der Waals surface area (Å²) >= 11 is 0. The van der Waals surface area contributed by atoms with E-state index in [0.717, 1.165) is 19.1 Å². The summed E-state index contributed by atoms with van der Waals surface area (Å²) in [5, 5.41) is 14.4. The fourth-order valence-electron chi connectivity index (χ4n) is 2.59. The third-order valence-electron chi connectivity index (χ3n) is 3.53. The second kappa shape index (κ2) is 7.08. The van der Waals surface area contributed by atoms with Crippen molar-refractivity contribution in [3.8, 4) is 0 Å². The van der Waals surface area contributed by atoms with Crippen LogP contribution in [0.2, 0.25) is 0 Å². The van der Waals surface area contributed by atoms with E-state index in [4.69, 9.17) is 0 Å². The number of carbonyl (C=O) groups excluding carboxylic acids is 1. The van der Waals surface area contributed by atoms with Crippen molar-refractivity contribution in [1.29, 1.82) is 0 Å². The molecule has 9 heteroatoms. The molecule has 2 atom stereocenters. The number of carboxylic acid groups (broad SMARTS) is 1. The van der Waals surface area contributed by atoms with E-state index in [1.165, 1.54) is 0 Å². The van der Waals surface area contributed by atoms with Crippen LogP contribution in [0.1, 0.15) is 32.6 Å². The molecule has 0 spiro atoms. The molecular weight excluding hydrogens is 298 g/mol. The molecule has 122 valence electrons. The highest BCUT2D eigenvalue weighted by atomic mass is 32.2. The summed E-state index contributed by atoms with van der Waals surface area (Å²) < 4.78 is 23.9. The summed E-state index contributed by atoms with van der Waals surface area (Å²) in [6.45, 7) is 2.11. The Morgan fingerprint density at radius 1 is 1.33 bits per heavy atom. The number of carbonyl (C=O) groups is 2. The number of sulfonamides is 1. The Morgan fingerprint density at radius 2 is 2.00 bits per heavy atom. The summed E-state index contributed by atoms with van der Waals surface area (Å²) in [5.74, 6) is -0.791. The first kappa shape index (κ1) is 17.7. The number of hydrogen-bond acceptors (Lipinski definition) is 4. The van der Waals surface area contributed by atoms with Gasteiger partial charge >= 0.3 is 12.0 Å². The van der Waals surface area contributed by atoms with E-state index in [-0.39, 0.29) is 19.0 Å². The van der Waals surface area contributed by atoms with Crippen molar-refractivity contribution in [2.45, 2.75) is 38.1 Å². The van der Waals surface area contributed by atoms with Gasteiger partial charge in [-0.25, -0.2) is 22.7 Å². The lowest BCUT2D eigenvalue weighted by Gasteiger charge is -2.37. The molecule has 1 rings (SSSR count). The number of carboxylic acids is 1. The highest BCUT2D eigenvalue weighted by Crippen LogP contribution is 2.32. The van der Waals surface area contributed by atoms with E-state index in [9.17, 15) is 23.1 Å². The first-order valence-electron chi connectivity index (χ1n) is 6.89. The van der Waals surface area contributed by atoms with Crippen LogP contribution in [0.3, 0.4) is 0 Å². The standard InChI is InChI=1S/C12H23N3O5S/c1-9-4-3-5-12(8-9,10(16)17)15-11(18)13-6-7-14-21(2,19)20/h9,14H,3-8H2,1-2H3,(H,16,17)(H2,13,15,18). The summed E-state index contributed by atoms with van der Waals surface area (Å²) in [6, 6.07) is -0.596. The van der Waals surface area contributed by atoms with Gasteiger partial charge in [0.05, 0.1) is 6.26 Å². The van der Waals surface area contributed by atoms with Crippen molar-refractivity contribution in [2.75, 3.05) is 19.3 Å². The van der Waals surface area contributed by atoms with E-state index in [2.05, 4.69) is 15.4 Å². The average Bonchev–Trinajstić information content (AvgIpc) is 2.33. The summed E-state index contributed by atoms with van der Waals surface area (Å²) in [5.41, 5.74) is -1.23. The minimum atomic E-state index is -3.30. The zero-order chi connectivity index (χ0) is 16.1. The van der Waals surface area contributed by atoms with Crippen molar-refractivity contribution in [3.63, 3.8) is 0 Å². The van der Waals surface area contributed by atoms with Crippen LogP contribution in [0.25, 0.3) is 0 Å². The summed E-state index contributed by atoms with van der Waals surface area (Å²) in [6.07, 6.45) is 3.54. The molecule has 2 unspecified atom stereocenters. The number of aliphatic carboxylic acids is 1. The van der Waals surface area contributed by atoms with Crippen molar-refractivity contribution < 1.29 is 23.1 Å². The molecule has 0 aromatic carbocycles. The van der Waals surface area contributed by atoms with Crippen LogP contribution in [-0.2, 0) is 14.8 Å². The molecule has 0 bridgehead atoms. The van der Waals surface area contributed by atoms with Gasteiger partial charge in [-0.15, -0.1) is 0 Å². The molecule has 0 saturated heterocycles. The molecule has 0 aromatic rings. The lowest BCUT2D eigenvalue weighted by molar-refractivity contribution is -0.146. The molecule has 21 heavy (non-hydrogen) atoms. The predicted molar refractivity (Wildman–Crippen MR) is 77.4 cm³/mol. The average molecular weight is 321 g/mol. The van der Waals surface area contributed by atoms with Crippen molar-refractivity contribution in [2.24, 2.45) is 5.92 Å². The summed E-state index contributed by atoms with van der Waals surface area (Å²) in [4.78, 5) is 23.3. The zero-order valence-corrected chi connectivity index (χ0v) is 13.1. The minimum absolute atomic E-state index is 0.0583. The Morgan fingerprint density at radius 3 is 2.52 bits per heavy atom. The normalized spacial score (nSPS) is 26.1. The topological polar surface area (TPSA) is 125 Å². The molecule has 1 aliphatic carbocycles. The van der Waals surface area contributed by atoms with Crippen LogP contribution in [0.5, 0.6) is 0 Å². The molecule has 2 amide bonds. The number of amides is 2. The molecule has 1 saturated carbocycles. The van der Waals surface area contributed by atoms with Crippen LogP contribution < -0.4 is 15.4 Å². The largest absolute Gasteiger partial charge is 0.480 e. The molecule has 4 N–H and O–H groups in total. The smallest absolute Gasteiger partial charge is 0.329 e. The lowest BCUT2D eigenvalue weighted by atomic mass is 9.76. The number of rotatable bonds is 6. The number of hydrogen-bond donors (Lipinski definition) is 4. The number of nitrogens with one attached hydrogen (secondary N) is 3. The molecule has 0 radical (unpaired) electrons. The fourth-order valence-corrected chi connectivity index (χ4v) is 3.06. The summed E-state index contributed by atoms with van der Waals surface area (Å²) in [7, 11) is -3.30. The Labute approximate surface area is 124 Å². The second-order valence-electron chi connectivity index (χ2n) is 5.64. The van der Waals surface area contributed by atoms with Crippen molar-refractivity contribution in [1.82, 2.24) is 15.4 Å². The Hall–Kier alpha value is -1.35. The molecule has 0 aliphatic heterocycles. The maximum absolute atomic E-state index is 11.8. The van der Waals surface area contributed by atoms with Gasteiger partial charge in [0.2, 0.25) is 10.0 Å². The minimum Gasteiger partial charge on any atom is -0.480 e. The van der Waals surface area contributed by atoms with Gasteiger partial charge < -0.3 is 15.7 Å². The molecule has 8 nitrogen and oxygen atoms in total. The molecule has 0 heterocycles. The zero-order valence-electron chi connectivity index (χ0n) is 12.3. The van der Waals surface area contributed by atoms with Crippen molar-refractivity contribution in [3.05, 3.63) is 0 Å². The van der Waals surface area contributed by atoms with Crippen LogP contribution in [0, 0.1) is 5.92 Å². The van der Waals surface area contributed by atoms with E-state index in [1.807, 2.05) is 6.92 Å². The van der Waals surface area contributed by atoms with Crippen molar-refractivity contribution >= 4 is 22.0 Å². The maximum atomic E-state index is 11.8. The van der Waals surface area contributed by atoms with Gasteiger partial charge in [0, 0.05) is 13.1 Å². The molecule has 0 aromatic heterocycles. The van der Waals surface area contributed by atoms with E-state index in [0.29, 0.717) is 12.8 Å². The Kier molecular flexibility index (Phi) is 5.97. The Bertz CT molecular complexity index is 493. The quantitative estimate of drug-likeness (QED) is 0.507. The third kappa shape index (κ3) is 5.88. The van der Waals surface area contributed by atoms with Crippen LogP contribution in [0.15, 0.2) is 0 Å². The Balaban J connectivity index is 2.48. The van der Waals surface area contributed by atoms with E-state index in [1.54, 1.807) is 0 Å². The molecular formula is C12H23N3O5S. The predicted octanol–water partition coefficient (Wildman–Crippen LogP) is -0.132. The van der Waals surface area contributed by atoms with Crippen LogP contribution >= 0.6 is 0 Å². The maximum Gasteiger partial charge on any atom is 0.329 e. The van der Waals surface area contributed by atoms with Crippen LogP contribution in [-0.4, -0.2) is 50.4 Å². The first-order chi connectivity index (χ1) is 9.65. The molecule has 1 fully saturated rings. The second-order valence-corrected chi connectivity index (χ2v) is 7.47. The third-order valence-corrected chi connectivity index (χ3v) is 4.26. The SMILES string of the molecule is CC1CCCC(NC(=O)NCCNS(C)(=O)=O)(C(=O)O)C1. The van der Waals surface area contributed by atoms with Gasteiger partial charge in [-0.3, -0.25) is 0 Å². The van der Waals surface area contributed by atoms with Gasteiger partial charge in [0.25, 0.3) is 0 Å². The highest BCUT2D eigenvalue weighted by molar-refractivity contribution is 7.88. The van der Waals surface area contributed by atoms with E-state index < -0.39 is 27.6 Å². The first-order valence-corrected chi connectivity index (χ1v) is 8.78. The van der Waals surface area contributed by atoms with Gasteiger partial charge in [-0.05, 0) is 18.8 Å². The highest BCUT2D eigenvalue weighted by Gasteiger charge is 2.43. The molecule has 1 aliphatic rings. The number of urea groups is 1. The van der Waals surface area contributed by atoms with Crippen LogP contribution in [0.4, 0.5) is 4.79 Å². The fraction of sp³-hybridized carbons (Fsp3) is 0.833. The lowest BCUT2D eigenvalue weighted by Crippen LogP contribution is -2.59. The van der Waals surface area contributed by atoms with E-state index >= 15 is 0 Å². The van der Waals surface area contributed by atoms with Gasteiger partial charge in [-0.2, -0.15) is 0 Å². The van der Waals surface area contributed by atoms with Gasteiger partial charge in [-0.1, -0.05) is 19.8 Å². The van der Waals surface area contributed by atoms with Gasteiger partial charge in [0.15, 0.2) is 0 Å². The van der Waals surface area contributed by atoms with Gasteiger partial charge in [0.1, 0.15) is 5.54 Å².